The highest BCUT2D eigenvalue weighted by atomic mass is 16.2. The molecule has 0 aliphatic carbocycles. The van der Waals surface area contributed by atoms with Gasteiger partial charge in [-0.2, -0.15) is 0 Å². The molecule has 3 aromatic rings. The number of aromatic nitrogens is 1. The minimum Gasteiger partial charge on any atom is -0.361 e. The van der Waals surface area contributed by atoms with E-state index in [0.29, 0.717) is 12.1 Å². The Morgan fingerprint density at radius 3 is 2.46 bits per heavy atom. The molecule has 2 aromatic carbocycles. The van der Waals surface area contributed by atoms with Gasteiger partial charge in [-0.05, 0) is 55.8 Å². The van der Waals surface area contributed by atoms with E-state index in [2.05, 4.69) is 10.3 Å². The van der Waals surface area contributed by atoms with Crippen molar-refractivity contribution < 1.29 is 9.59 Å². The molecule has 2 amide bonds. The number of hydrogen-bond donors (Lipinski definition) is 2. The zero-order valence-electron chi connectivity index (χ0n) is 15.2. The molecule has 0 saturated carbocycles. The van der Waals surface area contributed by atoms with Gasteiger partial charge in [0.1, 0.15) is 0 Å². The Labute approximate surface area is 153 Å². The lowest BCUT2D eigenvalue weighted by Gasteiger charge is -2.25. The molecule has 3 rings (SSSR count). The van der Waals surface area contributed by atoms with E-state index in [1.807, 2.05) is 62.5 Å². The van der Waals surface area contributed by atoms with Crippen LogP contribution in [-0.4, -0.2) is 27.7 Å². The number of benzene rings is 2. The third-order valence-corrected chi connectivity index (χ3v) is 4.41. The fourth-order valence-electron chi connectivity index (χ4n) is 2.95. The van der Waals surface area contributed by atoms with Crippen molar-refractivity contribution >= 4 is 28.4 Å². The number of nitrogens with zero attached hydrogens (tertiary/aromatic N) is 1. The number of hydrogen-bond acceptors (Lipinski definition) is 2. The van der Waals surface area contributed by atoms with E-state index < -0.39 is 0 Å². The summed E-state index contributed by atoms with van der Waals surface area (Å²) in [6.45, 7) is 6.13. The summed E-state index contributed by atoms with van der Waals surface area (Å²) in [5, 5.41) is 3.92. The van der Waals surface area contributed by atoms with E-state index in [4.69, 9.17) is 0 Å². The molecule has 0 radical (unpaired) electrons. The maximum absolute atomic E-state index is 12.4. The van der Waals surface area contributed by atoms with Gasteiger partial charge in [0.15, 0.2) is 0 Å². The number of carbonyl (C=O) groups is 2. The van der Waals surface area contributed by atoms with Gasteiger partial charge in [0.05, 0.1) is 0 Å². The van der Waals surface area contributed by atoms with Crippen LogP contribution in [0.25, 0.3) is 10.9 Å². The monoisotopic (exact) mass is 349 g/mol. The van der Waals surface area contributed by atoms with Crippen molar-refractivity contribution in [1.29, 1.82) is 0 Å². The van der Waals surface area contributed by atoms with Crippen molar-refractivity contribution in [1.82, 2.24) is 9.88 Å². The molecule has 0 unspecified atom stereocenters. The number of rotatable bonds is 5. The van der Waals surface area contributed by atoms with Crippen LogP contribution in [0.4, 0.5) is 5.69 Å². The summed E-state index contributed by atoms with van der Waals surface area (Å²) in [7, 11) is 0. The average Bonchev–Trinajstić information content (AvgIpc) is 3.08. The second kappa shape index (κ2) is 7.44. The number of nitrogens with one attached hydrogen (secondary N) is 2. The Bertz CT molecular complexity index is 926. The van der Waals surface area contributed by atoms with Crippen molar-refractivity contribution in [2.24, 2.45) is 0 Å². The van der Waals surface area contributed by atoms with Crippen LogP contribution in [0.2, 0.25) is 0 Å². The quantitative estimate of drug-likeness (QED) is 0.726. The first-order chi connectivity index (χ1) is 12.4. The summed E-state index contributed by atoms with van der Waals surface area (Å²) in [4.78, 5) is 29.1. The Balaban J connectivity index is 1.68. The molecule has 134 valence electrons. The summed E-state index contributed by atoms with van der Waals surface area (Å²) in [6.07, 6.45) is 1.85. The first-order valence-corrected chi connectivity index (χ1v) is 8.68. The maximum Gasteiger partial charge on any atom is 0.255 e. The highest BCUT2D eigenvalue weighted by Gasteiger charge is 2.13. The van der Waals surface area contributed by atoms with E-state index in [-0.39, 0.29) is 17.9 Å². The van der Waals surface area contributed by atoms with Crippen molar-refractivity contribution in [3.63, 3.8) is 0 Å². The Hall–Kier alpha value is -3.08. The topological polar surface area (TPSA) is 65.2 Å². The molecule has 0 bridgehead atoms. The highest BCUT2D eigenvalue weighted by molar-refractivity contribution is 6.06. The molecule has 0 saturated heterocycles. The molecule has 0 aliphatic heterocycles. The molecule has 0 spiro atoms. The van der Waals surface area contributed by atoms with Crippen molar-refractivity contribution in [2.45, 2.75) is 33.4 Å². The molecule has 1 heterocycles. The third kappa shape index (κ3) is 3.94. The molecule has 0 aliphatic rings. The van der Waals surface area contributed by atoms with Gasteiger partial charge in [-0.25, -0.2) is 0 Å². The zero-order valence-corrected chi connectivity index (χ0v) is 15.2. The molecule has 0 atom stereocenters. The smallest absolute Gasteiger partial charge is 0.255 e. The van der Waals surface area contributed by atoms with Gasteiger partial charge in [-0.1, -0.05) is 12.1 Å². The summed E-state index contributed by atoms with van der Waals surface area (Å²) in [5.41, 5.74) is 3.38. The molecule has 1 aromatic heterocycles. The van der Waals surface area contributed by atoms with Gasteiger partial charge in [-0.15, -0.1) is 0 Å². The summed E-state index contributed by atoms with van der Waals surface area (Å²) < 4.78 is 0. The predicted octanol–water partition coefficient (Wildman–Crippen LogP) is 4.18. The van der Waals surface area contributed by atoms with Crippen LogP contribution in [0, 0.1) is 0 Å². The molecular formula is C21H23N3O2. The number of H-pyrrole nitrogens is 1. The first kappa shape index (κ1) is 17.7. The molecule has 26 heavy (non-hydrogen) atoms. The molecule has 2 N–H and O–H groups in total. The van der Waals surface area contributed by atoms with E-state index in [0.717, 1.165) is 22.2 Å². The fraction of sp³-hybridized carbons (Fsp3) is 0.238. The molecule has 5 nitrogen and oxygen atoms in total. The Morgan fingerprint density at radius 2 is 1.81 bits per heavy atom. The SMILES string of the molecule is CC(=O)N(Cc1ccc(NC(=O)c2ccc3[nH]ccc3c2)cc1)C(C)C. The third-order valence-electron chi connectivity index (χ3n) is 4.41. The second-order valence-corrected chi connectivity index (χ2v) is 6.67. The molecular weight excluding hydrogens is 326 g/mol. The summed E-state index contributed by atoms with van der Waals surface area (Å²) in [6, 6.07) is 15.2. The minimum atomic E-state index is -0.145. The molecule has 0 fully saturated rings. The van der Waals surface area contributed by atoms with E-state index in [1.165, 1.54) is 0 Å². The lowest BCUT2D eigenvalue weighted by molar-refractivity contribution is -0.131. The number of anilines is 1. The van der Waals surface area contributed by atoms with Crippen LogP contribution in [0.5, 0.6) is 0 Å². The first-order valence-electron chi connectivity index (χ1n) is 8.68. The maximum atomic E-state index is 12.4. The van der Waals surface area contributed by atoms with Crippen LogP contribution in [0.15, 0.2) is 54.7 Å². The van der Waals surface area contributed by atoms with Crippen LogP contribution < -0.4 is 5.32 Å². The Kier molecular flexibility index (Phi) is 5.07. The van der Waals surface area contributed by atoms with Crippen molar-refractivity contribution in [3.05, 3.63) is 65.9 Å². The lowest BCUT2D eigenvalue weighted by atomic mass is 10.1. The standard InChI is InChI=1S/C21H23N3O2/c1-14(2)24(15(3)25)13-16-4-7-19(8-5-16)23-21(26)18-6-9-20-17(12-18)10-11-22-20/h4-12,14,22H,13H2,1-3H3,(H,23,26). The van der Waals surface area contributed by atoms with Crippen LogP contribution in [0.3, 0.4) is 0 Å². The van der Waals surface area contributed by atoms with E-state index in [9.17, 15) is 9.59 Å². The Morgan fingerprint density at radius 1 is 1.08 bits per heavy atom. The summed E-state index contributed by atoms with van der Waals surface area (Å²) >= 11 is 0. The number of fused-ring (bicyclic) bond motifs is 1. The van der Waals surface area contributed by atoms with Gasteiger partial charge < -0.3 is 15.2 Å². The second-order valence-electron chi connectivity index (χ2n) is 6.67. The van der Waals surface area contributed by atoms with Crippen LogP contribution in [0.1, 0.15) is 36.7 Å². The van der Waals surface area contributed by atoms with E-state index >= 15 is 0 Å². The van der Waals surface area contributed by atoms with Crippen molar-refractivity contribution in [3.8, 4) is 0 Å². The van der Waals surface area contributed by atoms with Gasteiger partial charge >= 0.3 is 0 Å². The largest absolute Gasteiger partial charge is 0.361 e. The highest BCUT2D eigenvalue weighted by Crippen LogP contribution is 2.17. The molecule has 5 heteroatoms. The normalized spacial score (nSPS) is 10.9. The lowest BCUT2D eigenvalue weighted by Crippen LogP contribution is -2.34. The van der Waals surface area contributed by atoms with Crippen LogP contribution in [-0.2, 0) is 11.3 Å². The minimum absolute atomic E-state index is 0.0533. The predicted molar refractivity (Wildman–Crippen MR) is 104 cm³/mol. The number of aromatic amines is 1. The van der Waals surface area contributed by atoms with E-state index in [1.54, 1.807) is 17.9 Å². The zero-order chi connectivity index (χ0) is 18.7. The summed E-state index contributed by atoms with van der Waals surface area (Å²) in [5.74, 6) is -0.0917. The fourth-order valence-corrected chi connectivity index (χ4v) is 2.95. The van der Waals surface area contributed by atoms with Crippen molar-refractivity contribution in [2.75, 3.05) is 5.32 Å². The number of amides is 2. The average molecular weight is 349 g/mol. The van der Waals surface area contributed by atoms with Gasteiger partial charge in [0, 0.05) is 47.9 Å². The van der Waals surface area contributed by atoms with Crippen LogP contribution >= 0.6 is 0 Å². The van der Waals surface area contributed by atoms with Gasteiger partial charge in [0.2, 0.25) is 5.91 Å². The number of carbonyl (C=O) groups excluding carboxylic acids is 2. The van der Waals surface area contributed by atoms with Gasteiger partial charge in [0.25, 0.3) is 5.91 Å². The van der Waals surface area contributed by atoms with Gasteiger partial charge in [-0.3, -0.25) is 9.59 Å².